The molecule has 1 saturated heterocycles. The quantitative estimate of drug-likeness (QED) is 0.362. The number of esters is 1. The van der Waals surface area contributed by atoms with Crippen LogP contribution in [0.1, 0.15) is 10.4 Å². The summed E-state index contributed by atoms with van der Waals surface area (Å²) in [6, 6.07) is 0. The summed E-state index contributed by atoms with van der Waals surface area (Å²) < 4.78 is 10.0. The minimum Gasteiger partial charge on any atom is -0.465 e. The SMILES string of the molecule is COC(=O)c1c(Cl)nc(SC)nc1N1CCOCC1. The highest BCUT2D eigenvalue weighted by Gasteiger charge is 2.25. The van der Waals surface area contributed by atoms with Gasteiger partial charge in [-0.2, -0.15) is 0 Å². The lowest BCUT2D eigenvalue weighted by Gasteiger charge is -2.29. The fourth-order valence-corrected chi connectivity index (χ4v) is 2.43. The molecule has 0 bridgehead atoms. The fourth-order valence-electron chi connectivity index (χ4n) is 1.78. The highest BCUT2D eigenvalue weighted by atomic mass is 35.5. The minimum absolute atomic E-state index is 0.118. The average Bonchev–Trinajstić information content (AvgIpc) is 2.46. The fraction of sp³-hybridized carbons (Fsp3) is 0.545. The Hall–Kier alpha value is -1.05. The lowest BCUT2D eigenvalue weighted by Crippen LogP contribution is -2.38. The average molecular weight is 304 g/mol. The number of hydrogen-bond acceptors (Lipinski definition) is 7. The number of anilines is 1. The number of nitrogens with zero attached hydrogens (tertiary/aromatic N) is 3. The molecule has 2 heterocycles. The van der Waals surface area contributed by atoms with E-state index in [4.69, 9.17) is 21.1 Å². The van der Waals surface area contributed by atoms with Crippen molar-refractivity contribution in [3.8, 4) is 0 Å². The van der Waals surface area contributed by atoms with E-state index >= 15 is 0 Å². The van der Waals surface area contributed by atoms with E-state index in [9.17, 15) is 4.79 Å². The van der Waals surface area contributed by atoms with E-state index in [0.29, 0.717) is 37.3 Å². The molecule has 6 nitrogen and oxygen atoms in total. The van der Waals surface area contributed by atoms with Crippen molar-refractivity contribution in [1.29, 1.82) is 0 Å². The number of hydrogen-bond donors (Lipinski definition) is 0. The molecule has 19 heavy (non-hydrogen) atoms. The number of aromatic nitrogens is 2. The summed E-state index contributed by atoms with van der Waals surface area (Å²) in [6.45, 7) is 2.50. The largest absolute Gasteiger partial charge is 0.465 e. The van der Waals surface area contributed by atoms with Crippen LogP contribution in [-0.2, 0) is 9.47 Å². The standard InChI is InChI=1S/C11H14ClN3O3S/c1-17-10(16)7-8(12)13-11(19-2)14-9(7)15-3-5-18-6-4-15/h3-6H2,1-2H3. The van der Waals surface area contributed by atoms with Gasteiger partial charge >= 0.3 is 5.97 Å². The second-order valence-corrected chi connectivity index (χ2v) is 4.92. The molecule has 0 amide bonds. The van der Waals surface area contributed by atoms with Crippen LogP contribution in [0.15, 0.2) is 5.16 Å². The van der Waals surface area contributed by atoms with Gasteiger partial charge in [-0.1, -0.05) is 23.4 Å². The van der Waals surface area contributed by atoms with E-state index < -0.39 is 5.97 Å². The van der Waals surface area contributed by atoms with E-state index in [2.05, 4.69) is 9.97 Å². The van der Waals surface area contributed by atoms with Crippen LogP contribution in [0.5, 0.6) is 0 Å². The summed E-state index contributed by atoms with van der Waals surface area (Å²) in [5.41, 5.74) is 0.212. The monoisotopic (exact) mass is 303 g/mol. The van der Waals surface area contributed by atoms with Gasteiger partial charge in [-0.3, -0.25) is 0 Å². The minimum atomic E-state index is -0.529. The number of morpholine rings is 1. The van der Waals surface area contributed by atoms with Crippen LogP contribution in [0.2, 0.25) is 5.15 Å². The van der Waals surface area contributed by atoms with Gasteiger partial charge in [0.25, 0.3) is 0 Å². The molecular formula is C11H14ClN3O3S. The Morgan fingerprint density at radius 3 is 2.68 bits per heavy atom. The topological polar surface area (TPSA) is 64.5 Å². The van der Waals surface area contributed by atoms with E-state index in [1.54, 1.807) is 0 Å². The van der Waals surface area contributed by atoms with Crippen LogP contribution in [0.25, 0.3) is 0 Å². The zero-order chi connectivity index (χ0) is 13.8. The summed E-state index contributed by atoms with van der Waals surface area (Å²) in [5, 5.41) is 0.645. The Morgan fingerprint density at radius 1 is 1.42 bits per heavy atom. The molecule has 1 fully saturated rings. The zero-order valence-electron chi connectivity index (χ0n) is 10.7. The smallest absolute Gasteiger partial charge is 0.344 e. The van der Waals surface area contributed by atoms with E-state index in [-0.39, 0.29) is 10.7 Å². The summed E-state index contributed by atoms with van der Waals surface area (Å²) in [5.74, 6) is -0.0151. The Kier molecular flexibility index (Phi) is 4.84. The molecular weight excluding hydrogens is 290 g/mol. The summed E-state index contributed by atoms with van der Waals surface area (Å²) in [7, 11) is 1.31. The van der Waals surface area contributed by atoms with Crippen molar-refractivity contribution < 1.29 is 14.3 Å². The van der Waals surface area contributed by atoms with Crippen molar-refractivity contribution in [2.75, 3.05) is 44.6 Å². The van der Waals surface area contributed by atoms with E-state index in [1.807, 2.05) is 11.2 Å². The maximum Gasteiger partial charge on any atom is 0.344 e. The van der Waals surface area contributed by atoms with Crippen molar-refractivity contribution in [2.45, 2.75) is 5.16 Å². The van der Waals surface area contributed by atoms with Crippen molar-refractivity contribution >= 4 is 35.1 Å². The number of carbonyl (C=O) groups is 1. The third-order valence-corrected chi connectivity index (χ3v) is 3.53. The molecule has 0 N–H and O–H groups in total. The Balaban J connectivity index is 2.47. The van der Waals surface area contributed by atoms with Crippen LogP contribution in [0.4, 0.5) is 5.82 Å². The van der Waals surface area contributed by atoms with Gasteiger partial charge in [-0.25, -0.2) is 14.8 Å². The van der Waals surface area contributed by atoms with Gasteiger partial charge in [0.1, 0.15) is 16.5 Å². The van der Waals surface area contributed by atoms with Crippen LogP contribution in [-0.4, -0.2) is 55.6 Å². The maximum atomic E-state index is 11.8. The highest BCUT2D eigenvalue weighted by molar-refractivity contribution is 7.98. The number of halogens is 1. The van der Waals surface area contributed by atoms with Crippen LogP contribution in [0.3, 0.4) is 0 Å². The van der Waals surface area contributed by atoms with E-state index in [0.717, 1.165) is 0 Å². The zero-order valence-corrected chi connectivity index (χ0v) is 12.3. The van der Waals surface area contributed by atoms with Gasteiger partial charge in [0.15, 0.2) is 5.16 Å². The molecule has 2 rings (SSSR count). The predicted molar refractivity (Wildman–Crippen MR) is 73.2 cm³/mol. The predicted octanol–water partition coefficient (Wildman–Crippen LogP) is 1.48. The summed E-state index contributed by atoms with van der Waals surface area (Å²) in [6.07, 6.45) is 1.85. The highest BCUT2D eigenvalue weighted by Crippen LogP contribution is 2.28. The molecule has 0 radical (unpaired) electrons. The van der Waals surface area contributed by atoms with Crippen molar-refractivity contribution in [3.63, 3.8) is 0 Å². The molecule has 1 aliphatic heterocycles. The second kappa shape index (κ2) is 6.40. The first-order chi connectivity index (χ1) is 9.17. The second-order valence-electron chi connectivity index (χ2n) is 3.79. The molecule has 0 aliphatic carbocycles. The van der Waals surface area contributed by atoms with Crippen molar-refractivity contribution in [2.24, 2.45) is 0 Å². The molecule has 0 spiro atoms. The number of carbonyl (C=O) groups excluding carboxylic acids is 1. The molecule has 1 aromatic heterocycles. The van der Waals surface area contributed by atoms with Crippen LogP contribution in [0, 0.1) is 0 Å². The first kappa shape index (κ1) is 14.4. The Labute approximate surface area is 120 Å². The Bertz CT molecular complexity index is 480. The normalized spacial score (nSPS) is 15.4. The molecule has 104 valence electrons. The van der Waals surface area contributed by atoms with Gasteiger partial charge in [0, 0.05) is 13.1 Å². The number of methoxy groups -OCH3 is 1. The summed E-state index contributed by atoms with van der Waals surface area (Å²) >= 11 is 7.46. The lowest BCUT2D eigenvalue weighted by molar-refractivity contribution is 0.0599. The third kappa shape index (κ3) is 3.10. The molecule has 0 aromatic carbocycles. The van der Waals surface area contributed by atoms with Gasteiger partial charge in [-0.15, -0.1) is 0 Å². The first-order valence-electron chi connectivity index (χ1n) is 5.70. The molecule has 1 aromatic rings. The molecule has 8 heteroatoms. The van der Waals surface area contributed by atoms with Gasteiger partial charge in [-0.05, 0) is 6.26 Å². The van der Waals surface area contributed by atoms with Crippen molar-refractivity contribution in [3.05, 3.63) is 10.7 Å². The summed E-state index contributed by atoms with van der Waals surface area (Å²) in [4.78, 5) is 22.3. The maximum absolute atomic E-state index is 11.8. The number of thioether (sulfide) groups is 1. The Morgan fingerprint density at radius 2 is 2.11 bits per heavy atom. The molecule has 0 unspecified atom stereocenters. The van der Waals surface area contributed by atoms with Crippen molar-refractivity contribution in [1.82, 2.24) is 9.97 Å². The van der Waals surface area contributed by atoms with Gasteiger partial charge < -0.3 is 14.4 Å². The van der Waals surface area contributed by atoms with Gasteiger partial charge in [0.05, 0.1) is 20.3 Å². The van der Waals surface area contributed by atoms with Crippen LogP contribution >= 0.6 is 23.4 Å². The third-order valence-electron chi connectivity index (χ3n) is 2.71. The molecule has 0 saturated carbocycles. The molecule has 0 atom stereocenters. The first-order valence-corrected chi connectivity index (χ1v) is 7.30. The van der Waals surface area contributed by atoms with E-state index in [1.165, 1.54) is 18.9 Å². The lowest BCUT2D eigenvalue weighted by atomic mass is 10.2. The number of ether oxygens (including phenoxy) is 2. The molecule has 1 aliphatic rings. The van der Waals surface area contributed by atoms with Crippen LogP contribution < -0.4 is 4.90 Å². The number of rotatable bonds is 3. The van der Waals surface area contributed by atoms with Gasteiger partial charge in [0.2, 0.25) is 0 Å².